The lowest BCUT2D eigenvalue weighted by molar-refractivity contribution is 1.10. The highest BCUT2D eigenvalue weighted by molar-refractivity contribution is 9.11. The van der Waals surface area contributed by atoms with Gasteiger partial charge in [-0.05, 0) is 29.8 Å². The van der Waals surface area contributed by atoms with Gasteiger partial charge in [-0.2, -0.15) is 5.10 Å². The van der Waals surface area contributed by atoms with Crippen molar-refractivity contribution >= 4 is 53.6 Å². The lowest BCUT2D eigenvalue weighted by atomic mass is 10.0. The number of H-pyrrole nitrogens is 1. The SMILES string of the molecule is Nc1n[nH]c(-c2ccc(Br)cc2Br)c1-c1cccc(Br)c1. The van der Waals surface area contributed by atoms with Crippen LogP contribution in [0.25, 0.3) is 22.4 Å². The zero-order valence-electron chi connectivity index (χ0n) is 10.7. The molecule has 0 bridgehead atoms. The fraction of sp³-hybridized carbons (Fsp3) is 0. The molecule has 0 fully saturated rings. The van der Waals surface area contributed by atoms with Crippen molar-refractivity contribution in [3.8, 4) is 22.4 Å². The van der Waals surface area contributed by atoms with Crippen LogP contribution in [-0.4, -0.2) is 10.2 Å². The van der Waals surface area contributed by atoms with Crippen molar-refractivity contribution < 1.29 is 0 Å². The molecular weight excluding hydrogens is 462 g/mol. The Morgan fingerprint density at radius 2 is 1.71 bits per heavy atom. The fourth-order valence-corrected chi connectivity index (χ4v) is 3.82. The number of aromatic nitrogens is 2. The molecule has 3 nitrogen and oxygen atoms in total. The number of nitrogens with one attached hydrogen (secondary N) is 1. The van der Waals surface area contributed by atoms with Gasteiger partial charge in [-0.15, -0.1) is 0 Å². The molecule has 0 radical (unpaired) electrons. The molecule has 6 heteroatoms. The number of nitrogens with zero attached hydrogens (tertiary/aromatic N) is 1. The number of hydrogen-bond donors (Lipinski definition) is 2. The number of aromatic amines is 1. The van der Waals surface area contributed by atoms with Crippen LogP contribution in [0.3, 0.4) is 0 Å². The normalized spacial score (nSPS) is 10.8. The number of benzene rings is 2. The Balaban J connectivity index is 2.22. The number of halogens is 3. The summed E-state index contributed by atoms with van der Waals surface area (Å²) in [5.74, 6) is 0.484. The third kappa shape index (κ3) is 2.93. The van der Waals surface area contributed by atoms with Crippen LogP contribution in [0.4, 0.5) is 5.82 Å². The van der Waals surface area contributed by atoms with E-state index in [1.807, 2.05) is 42.5 Å². The maximum atomic E-state index is 6.06. The van der Waals surface area contributed by atoms with Gasteiger partial charge >= 0.3 is 0 Å². The molecule has 0 saturated carbocycles. The number of nitrogen functional groups attached to an aromatic ring is 1. The summed E-state index contributed by atoms with van der Waals surface area (Å²) in [7, 11) is 0. The Morgan fingerprint density at radius 1 is 0.952 bits per heavy atom. The smallest absolute Gasteiger partial charge is 0.153 e. The highest BCUT2D eigenvalue weighted by Gasteiger charge is 2.17. The highest BCUT2D eigenvalue weighted by Crippen LogP contribution is 2.39. The van der Waals surface area contributed by atoms with Crippen LogP contribution >= 0.6 is 47.8 Å². The van der Waals surface area contributed by atoms with Crippen molar-refractivity contribution in [2.75, 3.05) is 5.73 Å². The maximum Gasteiger partial charge on any atom is 0.153 e. The van der Waals surface area contributed by atoms with Crippen molar-refractivity contribution in [3.05, 3.63) is 55.9 Å². The first-order chi connectivity index (χ1) is 10.1. The van der Waals surface area contributed by atoms with Crippen LogP contribution < -0.4 is 5.73 Å². The Bertz CT molecular complexity index is 812. The Hall–Kier alpha value is -1.11. The predicted molar refractivity (Wildman–Crippen MR) is 97.0 cm³/mol. The lowest BCUT2D eigenvalue weighted by Gasteiger charge is -2.07. The molecule has 0 spiro atoms. The summed E-state index contributed by atoms with van der Waals surface area (Å²) in [5.41, 5.74) is 9.88. The van der Waals surface area contributed by atoms with E-state index in [1.54, 1.807) is 0 Å². The third-order valence-electron chi connectivity index (χ3n) is 3.11. The second kappa shape index (κ2) is 5.94. The standard InChI is InChI=1S/C15H10Br3N3/c16-9-3-1-2-8(6-9)13-14(20-21-15(13)19)11-5-4-10(17)7-12(11)18/h1-7H,(H3,19,20,21). The van der Waals surface area contributed by atoms with Gasteiger partial charge in [0.25, 0.3) is 0 Å². The number of hydrogen-bond acceptors (Lipinski definition) is 2. The van der Waals surface area contributed by atoms with Gasteiger partial charge in [-0.1, -0.05) is 66.0 Å². The molecule has 0 unspecified atom stereocenters. The molecule has 0 aliphatic carbocycles. The van der Waals surface area contributed by atoms with Crippen LogP contribution in [0.15, 0.2) is 55.9 Å². The first-order valence-electron chi connectivity index (χ1n) is 6.11. The van der Waals surface area contributed by atoms with Gasteiger partial charge in [0.2, 0.25) is 0 Å². The maximum absolute atomic E-state index is 6.06. The zero-order valence-corrected chi connectivity index (χ0v) is 15.5. The molecule has 0 atom stereocenters. The van der Waals surface area contributed by atoms with Crippen molar-refractivity contribution in [2.45, 2.75) is 0 Å². The molecule has 0 aliphatic rings. The Labute approximate surface area is 147 Å². The average molecular weight is 472 g/mol. The molecular formula is C15H10Br3N3. The van der Waals surface area contributed by atoms with E-state index >= 15 is 0 Å². The van der Waals surface area contributed by atoms with Crippen LogP contribution in [0.5, 0.6) is 0 Å². The number of rotatable bonds is 2. The summed E-state index contributed by atoms with van der Waals surface area (Å²) in [6, 6.07) is 14.0. The monoisotopic (exact) mass is 469 g/mol. The highest BCUT2D eigenvalue weighted by atomic mass is 79.9. The van der Waals surface area contributed by atoms with Gasteiger partial charge in [0, 0.05) is 19.0 Å². The van der Waals surface area contributed by atoms with E-state index in [1.165, 1.54) is 0 Å². The van der Waals surface area contributed by atoms with Gasteiger partial charge in [0.15, 0.2) is 5.82 Å². The van der Waals surface area contributed by atoms with Crippen LogP contribution in [-0.2, 0) is 0 Å². The van der Waals surface area contributed by atoms with E-state index < -0.39 is 0 Å². The minimum atomic E-state index is 0.484. The summed E-state index contributed by atoms with van der Waals surface area (Å²) in [6.07, 6.45) is 0. The molecule has 2 aromatic carbocycles. The summed E-state index contributed by atoms with van der Waals surface area (Å²) in [6.45, 7) is 0. The molecule has 0 saturated heterocycles. The summed E-state index contributed by atoms with van der Waals surface area (Å²) in [5, 5.41) is 7.20. The summed E-state index contributed by atoms with van der Waals surface area (Å²) >= 11 is 10.5. The third-order valence-corrected chi connectivity index (χ3v) is 4.75. The second-order valence-corrected chi connectivity index (χ2v) is 7.18. The Kier molecular flexibility index (Phi) is 4.19. The molecule has 3 rings (SSSR count). The average Bonchev–Trinajstić information content (AvgIpc) is 2.80. The molecule has 1 aromatic heterocycles. The molecule has 3 N–H and O–H groups in total. The minimum Gasteiger partial charge on any atom is -0.382 e. The number of nitrogens with two attached hydrogens (primary N) is 1. The topological polar surface area (TPSA) is 54.7 Å². The van der Waals surface area contributed by atoms with E-state index in [2.05, 4.69) is 58.0 Å². The van der Waals surface area contributed by atoms with Crippen LogP contribution in [0.1, 0.15) is 0 Å². The van der Waals surface area contributed by atoms with Crippen molar-refractivity contribution in [1.29, 1.82) is 0 Å². The largest absolute Gasteiger partial charge is 0.382 e. The van der Waals surface area contributed by atoms with E-state index in [4.69, 9.17) is 5.73 Å². The molecule has 106 valence electrons. The van der Waals surface area contributed by atoms with Crippen molar-refractivity contribution in [3.63, 3.8) is 0 Å². The van der Waals surface area contributed by atoms with Gasteiger partial charge in [-0.3, -0.25) is 5.10 Å². The molecule has 3 aromatic rings. The van der Waals surface area contributed by atoms with E-state index in [-0.39, 0.29) is 0 Å². The van der Waals surface area contributed by atoms with Gasteiger partial charge in [0.05, 0.1) is 11.3 Å². The summed E-state index contributed by atoms with van der Waals surface area (Å²) in [4.78, 5) is 0. The van der Waals surface area contributed by atoms with E-state index in [0.717, 1.165) is 35.8 Å². The quantitative estimate of drug-likeness (QED) is 0.510. The van der Waals surface area contributed by atoms with Crippen molar-refractivity contribution in [2.24, 2.45) is 0 Å². The summed E-state index contributed by atoms with van der Waals surface area (Å²) < 4.78 is 2.98. The first kappa shape index (κ1) is 14.8. The molecule has 1 heterocycles. The van der Waals surface area contributed by atoms with Crippen molar-refractivity contribution in [1.82, 2.24) is 10.2 Å². The van der Waals surface area contributed by atoms with Crippen LogP contribution in [0.2, 0.25) is 0 Å². The van der Waals surface area contributed by atoms with E-state index in [0.29, 0.717) is 5.82 Å². The zero-order chi connectivity index (χ0) is 15.0. The lowest BCUT2D eigenvalue weighted by Crippen LogP contribution is -1.89. The molecule has 21 heavy (non-hydrogen) atoms. The van der Waals surface area contributed by atoms with Crippen LogP contribution in [0, 0.1) is 0 Å². The minimum absolute atomic E-state index is 0.484. The molecule has 0 amide bonds. The first-order valence-corrected chi connectivity index (χ1v) is 8.49. The second-order valence-electron chi connectivity index (χ2n) is 4.49. The van der Waals surface area contributed by atoms with E-state index in [9.17, 15) is 0 Å². The van der Waals surface area contributed by atoms with Gasteiger partial charge in [0.1, 0.15) is 0 Å². The number of anilines is 1. The molecule has 0 aliphatic heterocycles. The fourth-order valence-electron chi connectivity index (χ4n) is 2.18. The predicted octanol–water partition coefficient (Wildman–Crippen LogP) is 5.61. The van der Waals surface area contributed by atoms with Gasteiger partial charge < -0.3 is 5.73 Å². The Morgan fingerprint density at radius 3 is 2.43 bits per heavy atom. The van der Waals surface area contributed by atoms with Gasteiger partial charge in [-0.25, -0.2) is 0 Å².